The van der Waals surface area contributed by atoms with Crippen LogP contribution < -0.4 is 5.73 Å². The molecule has 0 aliphatic rings. The SMILES string of the molecule is NC(Cc1cccc(Cl)c1Cl)c1ccoc1Cl. The molecule has 17 heavy (non-hydrogen) atoms. The summed E-state index contributed by atoms with van der Waals surface area (Å²) in [6, 6.07) is 6.96. The van der Waals surface area contributed by atoms with E-state index in [1.807, 2.05) is 12.1 Å². The fourth-order valence-electron chi connectivity index (χ4n) is 1.62. The highest BCUT2D eigenvalue weighted by molar-refractivity contribution is 6.42. The molecule has 0 saturated heterocycles. The van der Waals surface area contributed by atoms with E-state index in [0.717, 1.165) is 11.1 Å². The maximum atomic E-state index is 6.09. The fraction of sp³-hybridized carbons (Fsp3) is 0.167. The zero-order chi connectivity index (χ0) is 12.4. The molecular weight excluding hydrogens is 280 g/mol. The predicted molar refractivity (Wildman–Crippen MR) is 70.8 cm³/mol. The minimum atomic E-state index is -0.266. The van der Waals surface area contributed by atoms with Crippen LogP contribution in [0.1, 0.15) is 17.2 Å². The van der Waals surface area contributed by atoms with Gasteiger partial charge in [-0.3, -0.25) is 0 Å². The molecular formula is C12H10Cl3NO. The van der Waals surface area contributed by atoms with Crippen LogP contribution in [-0.2, 0) is 6.42 Å². The van der Waals surface area contributed by atoms with Gasteiger partial charge in [-0.25, -0.2) is 0 Å². The van der Waals surface area contributed by atoms with Gasteiger partial charge in [0.05, 0.1) is 16.3 Å². The average Bonchev–Trinajstić information content (AvgIpc) is 2.71. The van der Waals surface area contributed by atoms with Crippen molar-refractivity contribution in [1.82, 2.24) is 0 Å². The number of halogens is 3. The third-order valence-electron chi connectivity index (χ3n) is 2.52. The Kier molecular flexibility index (Phi) is 4.00. The first kappa shape index (κ1) is 12.8. The van der Waals surface area contributed by atoms with E-state index in [-0.39, 0.29) is 6.04 Å². The topological polar surface area (TPSA) is 39.2 Å². The molecule has 1 unspecified atom stereocenters. The van der Waals surface area contributed by atoms with Gasteiger partial charge in [0.15, 0.2) is 5.22 Å². The van der Waals surface area contributed by atoms with Crippen LogP contribution in [-0.4, -0.2) is 0 Å². The molecule has 5 heteroatoms. The van der Waals surface area contributed by atoms with Gasteiger partial charge in [0.25, 0.3) is 0 Å². The Morgan fingerprint density at radius 3 is 2.59 bits per heavy atom. The second kappa shape index (κ2) is 5.32. The molecule has 2 N–H and O–H groups in total. The Balaban J connectivity index is 2.22. The van der Waals surface area contributed by atoms with Crippen LogP contribution >= 0.6 is 34.8 Å². The Hall–Kier alpha value is -0.670. The van der Waals surface area contributed by atoms with Crippen LogP contribution in [0.15, 0.2) is 34.9 Å². The van der Waals surface area contributed by atoms with Crippen molar-refractivity contribution < 1.29 is 4.42 Å². The molecule has 2 rings (SSSR count). The lowest BCUT2D eigenvalue weighted by molar-refractivity contribution is 0.560. The Morgan fingerprint density at radius 2 is 1.94 bits per heavy atom. The molecule has 0 aliphatic carbocycles. The largest absolute Gasteiger partial charge is 0.453 e. The molecule has 1 heterocycles. The molecule has 2 aromatic rings. The quantitative estimate of drug-likeness (QED) is 0.905. The molecule has 1 aromatic carbocycles. The summed E-state index contributed by atoms with van der Waals surface area (Å²) in [5.41, 5.74) is 7.70. The number of hydrogen-bond donors (Lipinski definition) is 1. The van der Waals surface area contributed by atoms with Gasteiger partial charge in [0.2, 0.25) is 0 Å². The zero-order valence-electron chi connectivity index (χ0n) is 8.79. The molecule has 0 saturated carbocycles. The first-order valence-electron chi connectivity index (χ1n) is 5.01. The number of furan rings is 1. The molecule has 90 valence electrons. The van der Waals surface area contributed by atoms with Gasteiger partial charge in [0, 0.05) is 11.6 Å². The number of hydrogen-bond acceptors (Lipinski definition) is 2. The summed E-state index contributed by atoms with van der Waals surface area (Å²) in [6.45, 7) is 0. The standard InChI is InChI=1S/C12H10Cl3NO/c13-9-3-1-2-7(11(9)14)6-10(16)8-4-5-17-12(8)15/h1-5,10H,6,16H2. The van der Waals surface area contributed by atoms with Gasteiger partial charge in [-0.05, 0) is 35.7 Å². The van der Waals surface area contributed by atoms with Gasteiger partial charge in [0.1, 0.15) is 0 Å². The minimum absolute atomic E-state index is 0.266. The highest BCUT2D eigenvalue weighted by Gasteiger charge is 2.15. The van der Waals surface area contributed by atoms with Crippen LogP contribution in [0.25, 0.3) is 0 Å². The van der Waals surface area contributed by atoms with E-state index < -0.39 is 0 Å². The molecule has 0 fully saturated rings. The van der Waals surface area contributed by atoms with Gasteiger partial charge in [-0.1, -0.05) is 35.3 Å². The highest BCUT2D eigenvalue weighted by atomic mass is 35.5. The van der Waals surface area contributed by atoms with E-state index in [1.165, 1.54) is 6.26 Å². The Morgan fingerprint density at radius 1 is 1.18 bits per heavy atom. The Bertz CT molecular complexity index is 524. The van der Waals surface area contributed by atoms with Crippen LogP contribution in [0.4, 0.5) is 0 Å². The van der Waals surface area contributed by atoms with Crippen molar-refractivity contribution in [3.8, 4) is 0 Å². The van der Waals surface area contributed by atoms with Crippen molar-refractivity contribution in [3.63, 3.8) is 0 Å². The van der Waals surface area contributed by atoms with Crippen molar-refractivity contribution in [2.75, 3.05) is 0 Å². The lowest BCUT2D eigenvalue weighted by Crippen LogP contribution is -2.13. The number of benzene rings is 1. The van der Waals surface area contributed by atoms with E-state index in [1.54, 1.807) is 12.1 Å². The lowest BCUT2D eigenvalue weighted by atomic mass is 10.0. The highest BCUT2D eigenvalue weighted by Crippen LogP contribution is 2.30. The van der Waals surface area contributed by atoms with Gasteiger partial charge in [-0.15, -0.1) is 0 Å². The molecule has 0 bridgehead atoms. The molecule has 2 nitrogen and oxygen atoms in total. The second-order valence-electron chi connectivity index (χ2n) is 3.67. The first-order valence-corrected chi connectivity index (χ1v) is 6.14. The maximum absolute atomic E-state index is 6.09. The summed E-state index contributed by atoms with van der Waals surface area (Å²) in [6.07, 6.45) is 2.07. The summed E-state index contributed by atoms with van der Waals surface area (Å²) in [5.74, 6) is 0. The van der Waals surface area contributed by atoms with Crippen LogP contribution in [0, 0.1) is 0 Å². The first-order chi connectivity index (χ1) is 8.09. The predicted octanol–water partition coefficient (Wildman–Crippen LogP) is 4.48. The van der Waals surface area contributed by atoms with Crippen molar-refractivity contribution in [2.45, 2.75) is 12.5 Å². The third-order valence-corrected chi connectivity index (χ3v) is 3.68. The van der Waals surface area contributed by atoms with E-state index in [4.69, 9.17) is 45.0 Å². The molecule has 1 atom stereocenters. The molecule has 0 spiro atoms. The Labute approximate surface area is 114 Å². The van der Waals surface area contributed by atoms with E-state index >= 15 is 0 Å². The normalized spacial score (nSPS) is 12.7. The summed E-state index contributed by atoms with van der Waals surface area (Å²) >= 11 is 17.9. The van der Waals surface area contributed by atoms with Crippen molar-refractivity contribution in [2.24, 2.45) is 5.73 Å². The molecule has 1 aromatic heterocycles. The molecule has 0 aliphatic heterocycles. The van der Waals surface area contributed by atoms with E-state index in [2.05, 4.69) is 0 Å². The van der Waals surface area contributed by atoms with Gasteiger partial charge >= 0.3 is 0 Å². The smallest absolute Gasteiger partial charge is 0.197 e. The monoisotopic (exact) mass is 289 g/mol. The summed E-state index contributed by atoms with van der Waals surface area (Å²) < 4.78 is 5.00. The van der Waals surface area contributed by atoms with Gasteiger partial charge < -0.3 is 10.2 Å². The number of nitrogens with two attached hydrogens (primary N) is 1. The van der Waals surface area contributed by atoms with Crippen molar-refractivity contribution >= 4 is 34.8 Å². The molecule has 0 radical (unpaired) electrons. The third kappa shape index (κ3) is 2.78. The van der Waals surface area contributed by atoms with Gasteiger partial charge in [-0.2, -0.15) is 0 Å². The maximum Gasteiger partial charge on any atom is 0.197 e. The molecule has 0 amide bonds. The summed E-state index contributed by atoms with van der Waals surface area (Å²) in [7, 11) is 0. The van der Waals surface area contributed by atoms with Crippen LogP contribution in [0.2, 0.25) is 15.3 Å². The van der Waals surface area contributed by atoms with Crippen molar-refractivity contribution in [1.29, 1.82) is 0 Å². The average molecular weight is 291 g/mol. The van der Waals surface area contributed by atoms with E-state index in [0.29, 0.717) is 21.7 Å². The zero-order valence-corrected chi connectivity index (χ0v) is 11.1. The lowest BCUT2D eigenvalue weighted by Gasteiger charge is -2.12. The van der Waals surface area contributed by atoms with E-state index in [9.17, 15) is 0 Å². The van der Waals surface area contributed by atoms with Crippen molar-refractivity contribution in [3.05, 3.63) is 56.9 Å². The fourth-order valence-corrected chi connectivity index (χ4v) is 2.27. The minimum Gasteiger partial charge on any atom is -0.453 e. The summed E-state index contributed by atoms with van der Waals surface area (Å²) in [5, 5.41) is 1.37. The number of rotatable bonds is 3. The summed E-state index contributed by atoms with van der Waals surface area (Å²) in [4.78, 5) is 0. The van der Waals surface area contributed by atoms with Crippen LogP contribution in [0.5, 0.6) is 0 Å². The second-order valence-corrected chi connectivity index (χ2v) is 4.80. The van der Waals surface area contributed by atoms with Crippen LogP contribution in [0.3, 0.4) is 0 Å².